The molecule has 2 aromatic carbocycles. The normalized spacial score (nSPS) is 13.5. The predicted octanol–water partition coefficient (Wildman–Crippen LogP) is 3.15. The van der Waals surface area contributed by atoms with Gasteiger partial charge in [-0.15, -0.1) is 11.3 Å². The first kappa shape index (κ1) is 16.7. The summed E-state index contributed by atoms with van der Waals surface area (Å²) in [6.45, 7) is 0.534. The number of aromatic nitrogens is 1. The van der Waals surface area contributed by atoms with Crippen LogP contribution in [0, 0.1) is 0 Å². The van der Waals surface area contributed by atoms with Crippen molar-refractivity contribution in [3.05, 3.63) is 71.2 Å². The van der Waals surface area contributed by atoms with Crippen LogP contribution in [0.5, 0.6) is 0 Å². The van der Waals surface area contributed by atoms with Crippen LogP contribution in [0.4, 0.5) is 10.8 Å². The lowest BCUT2D eigenvalue weighted by molar-refractivity contribution is 0.0989. The van der Waals surface area contributed by atoms with E-state index in [-0.39, 0.29) is 10.8 Å². The van der Waals surface area contributed by atoms with Crippen molar-refractivity contribution >= 4 is 38.1 Å². The van der Waals surface area contributed by atoms with Gasteiger partial charge in [0, 0.05) is 29.4 Å². The van der Waals surface area contributed by atoms with Gasteiger partial charge >= 0.3 is 0 Å². The maximum Gasteiger partial charge on any atom is 0.263 e. The zero-order valence-electron chi connectivity index (χ0n) is 13.6. The first-order valence-electron chi connectivity index (χ1n) is 7.97. The summed E-state index contributed by atoms with van der Waals surface area (Å²) >= 11 is 1.22. The molecule has 0 bridgehead atoms. The van der Waals surface area contributed by atoms with Crippen molar-refractivity contribution in [1.29, 1.82) is 0 Å². The van der Waals surface area contributed by atoms with Crippen LogP contribution >= 0.6 is 11.3 Å². The SMILES string of the molecule is O=C(c1ccccc1)N1CCc2cc(S(=O)(=O)Nc3nccs3)ccc21. The highest BCUT2D eigenvalue weighted by Gasteiger charge is 2.27. The average Bonchev–Trinajstić information content (AvgIpc) is 3.30. The van der Waals surface area contributed by atoms with Crippen molar-refractivity contribution in [3.8, 4) is 0 Å². The molecule has 1 aromatic heterocycles. The highest BCUT2D eigenvalue weighted by Crippen LogP contribution is 2.32. The van der Waals surface area contributed by atoms with Crippen molar-refractivity contribution in [2.45, 2.75) is 11.3 Å². The Morgan fingerprint density at radius 3 is 2.69 bits per heavy atom. The van der Waals surface area contributed by atoms with E-state index in [2.05, 4.69) is 9.71 Å². The van der Waals surface area contributed by atoms with Crippen molar-refractivity contribution in [3.63, 3.8) is 0 Å². The largest absolute Gasteiger partial charge is 0.308 e. The number of hydrogen-bond acceptors (Lipinski definition) is 5. The maximum absolute atomic E-state index is 12.7. The van der Waals surface area contributed by atoms with Crippen molar-refractivity contribution < 1.29 is 13.2 Å². The fourth-order valence-electron chi connectivity index (χ4n) is 2.94. The van der Waals surface area contributed by atoms with Gasteiger partial charge in [-0.3, -0.25) is 9.52 Å². The third-order valence-electron chi connectivity index (χ3n) is 4.18. The molecule has 8 heteroatoms. The van der Waals surface area contributed by atoms with Crippen LogP contribution in [0.15, 0.2) is 65.0 Å². The number of fused-ring (bicyclic) bond motifs is 1. The lowest BCUT2D eigenvalue weighted by Gasteiger charge is -2.17. The van der Waals surface area contributed by atoms with E-state index in [0.29, 0.717) is 23.7 Å². The molecule has 6 nitrogen and oxygen atoms in total. The number of sulfonamides is 1. The fraction of sp³-hybridized carbons (Fsp3) is 0.111. The third-order valence-corrected chi connectivity index (χ3v) is 6.33. The fourth-order valence-corrected chi connectivity index (χ4v) is 4.78. The van der Waals surface area contributed by atoms with E-state index in [4.69, 9.17) is 0 Å². The van der Waals surface area contributed by atoms with Crippen LogP contribution in [0.3, 0.4) is 0 Å². The van der Waals surface area contributed by atoms with Crippen molar-refractivity contribution in [2.75, 3.05) is 16.2 Å². The quantitative estimate of drug-likeness (QED) is 0.748. The Kier molecular flexibility index (Phi) is 4.21. The number of thiazole rings is 1. The number of benzene rings is 2. The molecule has 1 amide bonds. The molecule has 1 aliphatic rings. The van der Waals surface area contributed by atoms with Gasteiger partial charge in [0.2, 0.25) is 0 Å². The summed E-state index contributed by atoms with van der Waals surface area (Å²) in [4.78, 5) is 18.5. The average molecular weight is 385 g/mol. The number of amides is 1. The van der Waals surface area contributed by atoms with Gasteiger partial charge in [0.15, 0.2) is 5.13 Å². The summed E-state index contributed by atoms with van der Waals surface area (Å²) in [6.07, 6.45) is 2.16. The molecule has 0 saturated carbocycles. The van der Waals surface area contributed by atoms with Crippen molar-refractivity contribution in [1.82, 2.24) is 4.98 Å². The Bertz CT molecular complexity index is 1050. The monoisotopic (exact) mass is 385 g/mol. The molecule has 1 N–H and O–H groups in total. The van der Waals surface area contributed by atoms with E-state index in [0.717, 1.165) is 11.3 Å². The number of nitrogens with zero attached hydrogens (tertiary/aromatic N) is 2. The molecule has 3 aromatic rings. The molecule has 2 heterocycles. The summed E-state index contributed by atoms with van der Waals surface area (Å²) in [5.74, 6) is -0.0825. The molecule has 26 heavy (non-hydrogen) atoms. The number of rotatable bonds is 4. The van der Waals surface area contributed by atoms with Crippen LogP contribution < -0.4 is 9.62 Å². The minimum Gasteiger partial charge on any atom is -0.308 e. The summed E-state index contributed by atoms with van der Waals surface area (Å²) in [5, 5.41) is 2.03. The Morgan fingerprint density at radius 1 is 1.15 bits per heavy atom. The Hall–Kier alpha value is -2.71. The molecule has 0 atom stereocenters. The zero-order valence-corrected chi connectivity index (χ0v) is 15.3. The molecular formula is C18H15N3O3S2. The van der Waals surface area contributed by atoms with Crippen molar-refractivity contribution in [2.24, 2.45) is 0 Å². The summed E-state index contributed by atoms with van der Waals surface area (Å²) in [6, 6.07) is 13.9. The van der Waals surface area contributed by atoms with Gasteiger partial charge in [0.1, 0.15) is 0 Å². The van der Waals surface area contributed by atoms with Crippen LogP contribution in [0.2, 0.25) is 0 Å². The summed E-state index contributed by atoms with van der Waals surface area (Å²) < 4.78 is 27.5. The van der Waals surface area contributed by atoms with Gasteiger partial charge in [-0.2, -0.15) is 0 Å². The van der Waals surface area contributed by atoms with E-state index in [1.807, 2.05) is 18.2 Å². The van der Waals surface area contributed by atoms with Gasteiger partial charge in [-0.1, -0.05) is 18.2 Å². The lowest BCUT2D eigenvalue weighted by Crippen LogP contribution is -2.28. The third kappa shape index (κ3) is 3.09. The van der Waals surface area contributed by atoms with Gasteiger partial charge in [0.25, 0.3) is 15.9 Å². The number of anilines is 2. The zero-order chi connectivity index (χ0) is 18.1. The topological polar surface area (TPSA) is 79.4 Å². The number of hydrogen-bond donors (Lipinski definition) is 1. The maximum atomic E-state index is 12.7. The number of nitrogens with one attached hydrogen (secondary N) is 1. The van der Waals surface area contributed by atoms with Crippen LogP contribution in [-0.2, 0) is 16.4 Å². The molecule has 0 aliphatic carbocycles. The Balaban J connectivity index is 1.62. The minimum absolute atomic E-state index is 0.0825. The van der Waals surface area contributed by atoms with Crippen LogP contribution in [0.25, 0.3) is 0 Å². The molecule has 0 radical (unpaired) electrons. The van der Waals surface area contributed by atoms with Crippen LogP contribution in [-0.4, -0.2) is 25.9 Å². The van der Waals surface area contributed by atoms with Gasteiger partial charge < -0.3 is 4.90 Å². The van der Waals surface area contributed by atoms with E-state index in [9.17, 15) is 13.2 Å². The highest BCUT2D eigenvalue weighted by molar-refractivity contribution is 7.93. The second-order valence-electron chi connectivity index (χ2n) is 5.81. The van der Waals surface area contributed by atoms with Gasteiger partial charge in [-0.05, 0) is 42.3 Å². The second kappa shape index (κ2) is 6.54. The lowest BCUT2D eigenvalue weighted by atomic mass is 10.1. The van der Waals surface area contributed by atoms with E-state index < -0.39 is 10.0 Å². The minimum atomic E-state index is -3.70. The van der Waals surface area contributed by atoms with Crippen LogP contribution in [0.1, 0.15) is 15.9 Å². The van der Waals surface area contributed by atoms with E-state index in [1.165, 1.54) is 23.6 Å². The van der Waals surface area contributed by atoms with Gasteiger partial charge in [-0.25, -0.2) is 13.4 Å². The highest BCUT2D eigenvalue weighted by atomic mass is 32.2. The standard InChI is InChI=1S/C18H15N3O3S2/c22-17(13-4-2-1-3-5-13)21-10-8-14-12-15(6-7-16(14)21)26(23,24)20-18-19-9-11-25-18/h1-7,9,11-12H,8,10H2,(H,19,20). The molecule has 0 spiro atoms. The Labute approximate surface area is 155 Å². The van der Waals surface area contributed by atoms with E-state index in [1.54, 1.807) is 34.5 Å². The summed E-state index contributed by atoms with van der Waals surface area (Å²) in [7, 11) is -3.70. The predicted molar refractivity (Wildman–Crippen MR) is 101 cm³/mol. The molecule has 4 rings (SSSR count). The molecular weight excluding hydrogens is 370 g/mol. The molecule has 0 saturated heterocycles. The first-order valence-corrected chi connectivity index (χ1v) is 10.3. The molecule has 1 aliphatic heterocycles. The van der Waals surface area contributed by atoms with Gasteiger partial charge in [0.05, 0.1) is 4.90 Å². The Morgan fingerprint density at radius 2 is 1.96 bits per heavy atom. The second-order valence-corrected chi connectivity index (χ2v) is 8.38. The number of carbonyl (C=O) groups is 1. The smallest absolute Gasteiger partial charge is 0.263 e. The summed E-state index contributed by atoms with van der Waals surface area (Å²) in [5.41, 5.74) is 2.21. The molecule has 0 fully saturated rings. The molecule has 0 unspecified atom stereocenters. The first-order chi connectivity index (χ1) is 12.5. The number of carbonyl (C=O) groups excluding carboxylic acids is 1. The van der Waals surface area contributed by atoms with E-state index >= 15 is 0 Å². The molecule has 132 valence electrons.